The molecule has 3 heterocycles. The van der Waals surface area contributed by atoms with E-state index in [0.29, 0.717) is 24.5 Å². The molecule has 4 rings (SSSR count). The number of anilines is 1. The highest BCUT2D eigenvalue weighted by Gasteiger charge is 2.35. The van der Waals surface area contributed by atoms with E-state index in [9.17, 15) is 4.79 Å². The lowest BCUT2D eigenvalue weighted by molar-refractivity contribution is -0.120. The van der Waals surface area contributed by atoms with Crippen molar-refractivity contribution in [2.24, 2.45) is 7.05 Å². The number of carbonyl (C=O) groups excluding carboxylic acids is 1. The molecule has 0 aliphatic carbocycles. The van der Waals surface area contributed by atoms with Gasteiger partial charge in [-0.1, -0.05) is 17.3 Å². The Balaban J connectivity index is 1.59. The van der Waals surface area contributed by atoms with Crippen LogP contribution in [0.4, 0.5) is 5.82 Å². The fraction of sp³-hybridized carbons (Fsp3) is 0.294. The summed E-state index contributed by atoms with van der Waals surface area (Å²) >= 11 is 0. The summed E-state index contributed by atoms with van der Waals surface area (Å²) in [6.45, 7) is 0.615. The van der Waals surface area contributed by atoms with Gasteiger partial charge in [-0.15, -0.1) is 5.10 Å². The van der Waals surface area contributed by atoms with Gasteiger partial charge < -0.3 is 4.74 Å². The summed E-state index contributed by atoms with van der Waals surface area (Å²) in [5.74, 6) is 1.37. The third-order valence-corrected chi connectivity index (χ3v) is 4.37. The lowest BCUT2D eigenvalue weighted by Gasteiger charge is -2.13. The maximum absolute atomic E-state index is 12.7. The third-order valence-electron chi connectivity index (χ3n) is 4.37. The van der Waals surface area contributed by atoms with E-state index in [0.717, 1.165) is 11.3 Å². The second kappa shape index (κ2) is 6.04. The number of nitrogens with zero attached hydrogens (tertiary/aromatic N) is 6. The molecule has 0 spiro atoms. The first-order valence-electron chi connectivity index (χ1n) is 8.03. The van der Waals surface area contributed by atoms with E-state index in [1.807, 2.05) is 43.6 Å². The van der Waals surface area contributed by atoms with Crippen LogP contribution in [0.1, 0.15) is 12.5 Å². The molecular formula is C17H18N6O2. The van der Waals surface area contributed by atoms with Crippen LogP contribution in [-0.2, 0) is 11.8 Å². The van der Waals surface area contributed by atoms with Crippen molar-refractivity contribution in [1.82, 2.24) is 24.8 Å². The minimum atomic E-state index is -0.363. The van der Waals surface area contributed by atoms with Crippen molar-refractivity contribution in [3.63, 3.8) is 0 Å². The maximum Gasteiger partial charge on any atom is 0.253 e. The first-order chi connectivity index (χ1) is 12.2. The molecule has 8 nitrogen and oxygen atoms in total. The Morgan fingerprint density at radius 2 is 2.08 bits per heavy atom. The molecule has 1 aliphatic rings. The quantitative estimate of drug-likeness (QED) is 0.723. The molecule has 1 fully saturated rings. The fourth-order valence-electron chi connectivity index (χ4n) is 3.09. The first-order valence-corrected chi connectivity index (χ1v) is 8.03. The van der Waals surface area contributed by atoms with E-state index < -0.39 is 0 Å². The number of methoxy groups -OCH3 is 1. The fourth-order valence-corrected chi connectivity index (χ4v) is 3.09. The van der Waals surface area contributed by atoms with Gasteiger partial charge in [0, 0.05) is 31.4 Å². The van der Waals surface area contributed by atoms with Crippen molar-refractivity contribution in [1.29, 1.82) is 0 Å². The van der Waals surface area contributed by atoms with Crippen molar-refractivity contribution >= 4 is 11.7 Å². The Kier molecular flexibility index (Phi) is 3.72. The van der Waals surface area contributed by atoms with Gasteiger partial charge in [-0.05, 0) is 18.6 Å². The molecule has 0 saturated carbocycles. The largest absolute Gasteiger partial charge is 0.496 e. The van der Waals surface area contributed by atoms with Crippen LogP contribution in [0.2, 0.25) is 0 Å². The van der Waals surface area contributed by atoms with Gasteiger partial charge in [-0.3, -0.25) is 14.4 Å². The Labute approximate surface area is 144 Å². The molecule has 1 unspecified atom stereocenters. The SMILES string of the molecule is COc1ccccc1-c1cn(C2CCN(c3ccn(C)n3)C2=O)nn1. The number of para-hydroxylation sites is 1. The monoisotopic (exact) mass is 338 g/mol. The zero-order valence-electron chi connectivity index (χ0n) is 14.0. The van der Waals surface area contributed by atoms with E-state index in [-0.39, 0.29) is 11.9 Å². The van der Waals surface area contributed by atoms with Gasteiger partial charge in [-0.25, -0.2) is 4.68 Å². The van der Waals surface area contributed by atoms with Gasteiger partial charge in [0.2, 0.25) is 0 Å². The summed E-state index contributed by atoms with van der Waals surface area (Å²) in [5, 5.41) is 12.7. The van der Waals surface area contributed by atoms with Crippen LogP contribution in [0.5, 0.6) is 5.75 Å². The van der Waals surface area contributed by atoms with E-state index in [1.165, 1.54) is 0 Å². The van der Waals surface area contributed by atoms with Crippen LogP contribution in [0.15, 0.2) is 42.7 Å². The Morgan fingerprint density at radius 1 is 1.24 bits per heavy atom. The minimum absolute atomic E-state index is 0.0184. The number of benzene rings is 1. The summed E-state index contributed by atoms with van der Waals surface area (Å²) in [4.78, 5) is 14.4. The molecule has 1 aliphatic heterocycles. The molecule has 3 aromatic rings. The van der Waals surface area contributed by atoms with Crippen LogP contribution in [0.3, 0.4) is 0 Å². The summed E-state index contributed by atoms with van der Waals surface area (Å²) in [7, 11) is 3.45. The van der Waals surface area contributed by atoms with Crippen LogP contribution < -0.4 is 9.64 Å². The molecule has 128 valence electrons. The summed E-state index contributed by atoms with van der Waals surface area (Å²) in [6, 6.07) is 9.08. The number of ether oxygens (including phenoxy) is 1. The first kappa shape index (κ1) is 15.4. The third kappa shape index (κ3) is 2.65. The van der Waals surface area contributed by atoms with Crippen molar-refractivity contribution in [2.45, 2.75) is 12.5 Å². The highest BCUT2D eigenvalue weighted by molar-refractivity contribution is 5.97. The highest BCUT2D eigenvalue weighted by atomic mass is 16.5. The van der Waals surface area contributed by atoms with Crippen LogP contribution >= 0.6 is 0 Å². The van der Waals surface area contributed by atoms with Crippen molar-refractivity contribution in [3.8, 4) is 17.0 Å². The molecule has 25 heavy (non-hydrogen) atoms. The van der Waals surface area contributed by atoms with E-state index in [2.05, 4.69) is 15.4 Å². The van der Waals surface area contributed by atoms with Gasteiger partial charge in [0.05, 0.1) is 13.3 Å². The maximum atomic E-state index is 12.7. The molecule has 1 aromatic carbocycles. The van der Waals surface area contributed by atoms with E-state index >= 15 is 0 Å². The second-order valence-corrected chi connectivity index (χ2v) is 5.93. The summed E-state index contributed by atoms with van der Waals surface area (Å²) in [6.07, 6.45) is 4.29. The summed E-state index contributed by atoms with van der Waals surface area (Å²) in [5.41, 5.74) is 1.53. The van der Waals surface area contributed by atoms with E-state index in [4.69, 9.17) is 4.74 Å². The average molecular weight is 338 g/mol. The smallest absolute Gasteiger partial charge is 0.253 e. The second-order valence-electron chi connectivity index (χ2n) is 5.93. The zero-order chi connectivity index (χ0) is 17.4. The topological polar surface area (TPSA) is 78.1 Å². The highest BCUT2D eigenvalue weighted by Crippen LogP contribution is 2.30. The normalized spacial score (nSPS) is 17.3. The number of carbonyl (C=O) groups is 1. The van der Waals surface area contributed by atoms with Gasteiger partial charge in [0.15, 0.2) is 5.82 Å². The number of amides is 1. The molecule has 1 saturated heterocycles. The van der Waals surface area contributed by atoms with Crippen LogP contribution in [0, 0.1) is 0 Å². The molecule has 1 atom stereocenters. The molecule has 2 aromatic heterocycles. The van der Waals surface area contributed by atoms with Crippen molar-refractivity contribution < 1.29 is 9.53 Å². The van der Waals surface area contributed by atoms with Crippen LogP contribution in [-0.4, -0.2) is 44.3 Å². The Bertz CT molecular complexity index is 915. The predicted molar refractivity (Wildman–Crippen MR) is 91.2 cm³/mol. The molecule has 0 bridgehead atoms. The number of hydrogen-bond acceptors (Lipinski definition) is 5. The predicted octanol–water partition coefficient (Wildman–Crippen LogP) is 1.67. The Hall–Kier alpha value is -3.16. The number of hydrogen-bond donors (Lipinski definition) is 0. The van der Waals surface area contributed by atoms with Crippen molar-refractivity contribution in [3.05, 3.63) is 42.7 Å². The standard InChI is InChI=1S/C17H18N6O2/c1-21-9-8-16(19-21)22-10-7-14(17(22)24)23-11-13(18-20-23)12-5-3-4-6-15(12)25-2/h3-6,8-9,11,14H,7,10H2,1-2H3. The lowest BCUT2D eigenvalue weighted by Crippen LogP contribution is -2.28. The van der Waals surface area contributed by atoms with E-state index in [1.54, 1.807) is 27.6 Å². The zero-order valence-corrected chi connectivity index (χ0v) is 14.0. The lowest BCUT2D eigenvalue weighted by atomic mass is 10.1. The van der Waals surface area contributed by atoms with Gasteiger partial charge in [0.25, 0.3) is 5.91 Å². The molecule has 0 N–H and O–H groups in total. The summed E-state index contributed by atoms with van der Waals surface area (Å²) < 4.78 is 8.69. The minimum Gasteiger partial charge on any atom is -0.496 e. The number of aromatic nitrogens is 5. The number of aryl methyl sites for hydroxylation is 1. The van der Waals surface area contributed by atoms with Crippen molar-refractivity contribution in [2.75, 3.05) is 18.6 Å². The Morgan fingerprint density at radius 3 is 2.84 bits per heavy atom. The van der Waals surface area contributed by atoms with Gasteiger partial charge in [-0.2, -0.15) is 5.10 Å². The van der Waals surface area contributed by atoms with Gasteiger partial charge >= 0.3 is 0 Å². The van der Waals surface area contributed by atoms with Gasteiger partial charge in [0.1, 0.15) is 17.5 Å². The average Bonchev–Trinajstić information content (AvgIpc) is 3.34. The molecule has 0 radical (unpaired) electrons. The molecule has 8 heteroatoms. The van der Waals surface area contributed by atoms with Crippen LogP contribution in [0.25, 0.3) is 11.3 Å². The number of rotatable bonds is 4. The molecular weight excluding hydrogens is 320 g/mol. The molecule has 1 amide bonds.